The van der Waals surface area contributed by atoms with Crippen LogP contribution in [0.2, 0.25) is 5.02 Å². The lowest BCUT2D eigenvalue weighted by molar-refractivity contribution is -0.121. The first kappa shape index (κ1) is 15.1. The van der Waals surface area contributed by atoms with E-state index in [1.807, 2.05) is 19.1 Å². The number of carbonyl (C=O) groups excluding carboxylic acids is 1. The van der Waals surface area contributed by atoms with Crippen molar-refractivity contribution in [1.29, 1.82) is 0 Å². The zero-order chi connectivity index (χ0) is 14.4. The van der Waals surface area contributed by atoms with Gasteiger partial charge in [-0.2, -0.15) is 0 Å². The molecule has 4 nitrogen and oxygen atoms in total. The third-order valence-corrected chi connectivity index (χ3v) is 3.34. The number of amides is 1. The summed E-state index contributed by atoms with van der Waals surface area (Å²) < 4.78 is 10.9. The van der Waals surface area contributed by atoms with Gasteiger partial charge in [-0.25, -0.2) is 0 Å². The Bertz CT molecular complexity index is 435. The lowest BCUT2D eigenvalue weighted by Gasteiger charge is -2.07. The fourth-order valence-electron chi connectivity index (χ4n) is 1.95. The summed E-state index contributed by atoms with van der Waals surface area (Å²) in [6.45, 7) is 3.19. The van der Waals surface area contributed by atoms with E-state index in [1.165, 1.54) is 0 Å². The molecule has 0 aliphatic heterocycles. The normalized spacial score (nSPS) is 20.5. The fraction of sp³-hybridized carbons (Fsp3) is 0.533. The molecule has 110 valence electrons. The first-order valence-corrected chi connectivity index (χ1v) is 7.36. The Balaban J connectivity index is 1.55. The summed E-state index contributed by atoms with van der Waals surface area (Å²) in [5, 5.41) is 3.64. The molecule has 0 unspecified atom stereocenters. The molecule has 5 heteroatoms. The van der Waals surface area contributed by atoms with Gasteiger partial charge in [-0.15, -0.1) is 0 Å². The van der Waals surface area contributed by atoms with Crippen LogP contribution in [0.25, 0.3) is 0 Å². The maximum absolute atomic E-state index is 11.7. The summed E-state index contributed by atoms with van der Waals surface area (Å²) >= 11 is 5.78. The lowest BCUT2D eigenvalue weighted by atomic mass is 10.3. The van der Waals surface area contributed by atoms with Crippen LogP contribution in [-0.2, 0) is 9.53 Å². The van der Waals surface area contributed by atoms with Crippen molar-refractivity contribution in [3.8, 4) is 5.75 Å². The molecule has 1 N–H and O–H groups in total. The molecular formula is C15H20ClNO3. The van der Waals surface area contributed by atoms with E-state index in [-0.39, 0.29) is 18.1 Å². The third kappa shape index (κ3) is 5.02. The van der Waals surface area contributed by atoms with E-state index in [4.69, 9.17) is 21.1 Å². The molecule has 1 saturated carbocycles. The highest BCUT2D eigenvalue weighted by Crippen LogP contribution is 2.25. The highest BCUT2D eigenvalue weighted by Gasteiger charge is 2.38. The number of ether oxygens (including phenoxy) is 2. The van der Waals surface area contributed by atoms with Crippen molar-refractivity contribution < 1.29 is 14.3 Å². The Morgan fingerprint density at radius 3 is 2.85 bits per heavy atom. The Hall–Kier alpha value is -1.26. The molecule has 0 saturated heterocycles. The molecule has 2 rings (SSSR count). The summed E-state index contributed by atoms with van der Waals surface area (Å²) in [5.41, 5.74) is 0. The summed E-state index contributed by atoms with van der Waals surface area (Å²) in [5.74, 6) is 0.838. The Morgan fingerprint density at radius 1 is 1.40 bits per heavy atom. The zero-order valence-electron chi connectivity index (χ0n) is 11.6. The maximum atomic E-state index is 11.7. The predicted octanol–water partition coefficient (Wildman–Crippen LogP) is 2.79. The van der Waals surface area contributed by atoms with Crippen molar-refractivity contribution in [1.82, 2.24) is 5.32 Å². The number of nitrogens with one attached hydrogen (secondary N) is 1. The standard InChI is InChI=1S/C15H20ClNO3/c1-2-19-14-10-13(14)17-15(18)4-3-9-20-12-7-5-11(16)6-8-12/h5-8,13-14H,2-4,9-10H2,1H3,(H,17,18)/t13-,14-/m0/s1. The minimum Gasteiger partial charge on any atom is -0.494 e. The number of carbonyl (C=O) groups is 1. The van der Waals surface area contributed by atoms with Crippen LogP contribution in [0.1, 0.15) is 26.2 Å². The van der Waals surface area contributed by atoms with Gasteiger partial charge in [0.05, 0.1) is 18.8 Å². The molecule has 1 aromatic carbocycles. The molecule has 2 atom stereocenters. The molecule has 0 aromatic heterocycles. The largest absolute Gasteiger partial charge is 0.494 e. The van der Waals surface area contributed by atoms with Crippen molar-refractivity contribution in [2.24, 2.45) is 0 Å². The van der Waals surface area contributed by atoms with Crippen molar-refractivity contribution in [2.45, 2.75) is 38.3 Å². The Labute approximate surface area is 124 Å². The van der Waals surface area contributed by atoms with Crippen molar-refractivity contribution in [2.75, 3.05) is 13.2 Å². The lowest BCUT2D eigenvalue weighted by Crippen LogP contribution is -2.28. The topological polar surface area (TPSA) is 47.6 Å². The van der Waals surface area contributed by atoms with Crippen molar-refractivity contribution in [3.63, 3.8) is 0 Å². The van der Waals surface area contributed by atoms with Crippen LogP contribution in [0, 0.1) is 0 Å². The summed E-state index contributed by atoms with van der Waals surface area (Å²) in [4.78, 5) is 11.7. The van der Waals surface area contributed by atoms with Gasteiger partial charge >= 0.3 is 0 Å². The van der Waals surface area contributed by atoms with E-state index < -0.39 is 0 Å². The molecule has 1 aromatic rings. The van der Waals surface area contributed by atoms with Crippen LogP contribution in [-0.4, -0.2) is 31.3 Å². The highest BCUT2D eigenvalue weighted by molar-refractivity contribution is 6.30. The summed E-state index contributed by atoms with van der Waals surface area (Å²) in [6.07, 6.45) is 2.32. The van der Waals surface area contributed by atoms with Crippen LogP contribution in [0.4, 0.5) is 0 Å². The van der Waals surface area contributed by atoms with E-state index in [1.54, 1.807) is 12.1 Å². The average Bonchev–Trinajstić information content (AvgIpc) is 3.15. The molecular weight excluding hydrogens is 278 g/mol. The van der Waals surface area contributed by atoms with Crippen LogP contribution in [0.3, 0.4) is 0 Å². The number of rotatable bonds is 8. The van der Waals surface area contributed by atoms with E-state index in [0.717, 1.165) is 12.2 Å². The molecule has 1 aliphatic rings. The molecule has 1 fully saturated rings. The van der Waals surface area contributed by atoms with Gasteiger partial charge < -0.3 is 14.8 Å². The van der Waals surface area contributed by atoms with E-state index in [2.05, 4.69) is 5.32 Å². The van der Waals surface area contributed by atoms with Gasteiger partial charge in [0.2, 0.25) is 5.91 Å². The van der Waals surface area contributed by atoms with Crippen molar-refractivity contribution in [3.05, 3.63) is 29.3 Å². The number of hydrogen-bond acceptors (Lipinski definition) is 3. The highest BCUT2D eigenvalue weighted by atomic mass is 35.5. The molecule has 1 amide bonds. The Morgan fingerprint density at radius 2 is 2.15 bits per heavy atom. The van der Waals surface area contributed by atoms with Crippen LogP contribution >= 0.6 is 11.6 Å². The van der Waals surface area contributed by atoms with Gasteiger partial charge in [0.15, 0.2) is 0 Å². The van der Waals surface area contributed by atoms with Crippen LogP contribution < -0.4 is 10.1 Å². The molecule has 0 spiro atoms. The second-order valence-corrected chi connectivity index (χ2v) is 5.25. The number of benzene rings is 1. The monoisotopic (exact) mass is 297 g/mol. The van der Waals surface area contributed by atoms with Crippen molar-refractivity contribution >= 4 is 17.5 Å². The van der Waals surface area contributed by atoms with E-state index in [0.29, 0.717) is 31.1 Å². The first-order valence-electron chi connectivity index (χ1n) is 6.98. The second kappa shape index (κ2) is 7.50. The SMILES string of the molecule is CCO[C@H]1C[C@@H]1NC(=O)CCCOc1ccc(Cl)cc1. The number of hydrogen-bond donors (Lipinski definition) is 1. The summed E-state index contributed by atoms with van der Waals surface area (Å²) in [6, 6.07) is 7.41. The maximum Gasteiger partial charge on any atom is 0.220 e. The zero-order valence-corrected chi connectivity index (χ0v) is 12.4. The smallest absolute Gasteiger partial charge is 0.220 e. The van der Waals surface area contributed by atoms with E-state index >= 15 is 0 Å². The molecule has 1 aliphatic carbocycles. The first-order chi connectivity index (χ1) is 9.69. The average molecular weight is 298 g/mol. The van der Waals surface area contributed by atoms with Gasteiger partial charge in [-0.3, -0.25) is 4.79 Å². The molecule has 20 heavy (non-hydrogen) atoms. The van der Waals surface area contributed by atoms with Crippen LogP contribution in [0.15, 0.2) is 24.3 Å². The minimum absolute atomic E-state index is 0.0666. The molecule has 0 heterocycles. The quantitative estimate of drug-likeness (QED) is 0.751. The second-order valence-electron chi connectivity index (χ2n) is 4.81. The van der Waals surface area contributed by atoms with Gasteiger partial charge in [0.1, 0.15) is 5.75 Å². The molecule has 0 bridgehead atoms. The van der Waals surface area contributed by atoms with Crippen LogP contribution in [0.5, 0.6) is 5.75 Å². The fourth-order valence-corrected chi connectivity index (χ4v) is 2.08. The van der Waals surface area contributed by atoms with Gasteiger partial charge in [0.25, 0.3) is 0 Å². The predicted molar refractivity (Wildman–Crippen MR) is 78.1 cm³/mol. The van der Waals surface area contributed by atoms with Gasteiger partial charge in [-0.1, -0.05) is 11.6 Å². The van der Waals surface area contributed by atoms with Gasteiger partial charge in [-0.05, 0) is 44.0 Å². The minimum atomic E-state index is 0.0666. The molecule has 0 radical (unpaired) electrons. The van der Waals surface area contributed by atoms with Gasteiger partial charge in [0, 0.05) is 18.1 Å². The Kier molecular flexibility index (Phi) is 5.68. The number of halogens is 1. The third-order valence-electron chi connectivity index (χ3n) is 3.09. The summed E-state index contributed by atoms with van der Waals surface area (Å²) in [7, 11) is 0. The van der Waals surface area contributed by atoms with E-state index in [9.17, 15) is 4.79 Å².